The molecular formula is C16H24FNO3. The van der Waals surface area contributed by atoms with Gasteiger partial charge >= 0.3 is 0 Å². The van der Waals surface area contributed by atoms with E-state index >= 15 is 0 Å². The van der Waals surface area contributed by atoms with E-state index in [0.717, 1.165) is 5.56 Å². The van der Waals surface area contributed by atoms with E-state index in [1.807, 2.05) is 11.9 Å². The molecule has 5 heteroatoms. The highest BCUT2D eigenvalue weighted by Gasteiger charge is 2.30. The summed E-state index contributed by atoms with van der Waals surface area (Å²) in [4.78, 5) is 2.03. The van der Waals surface area contributed by atoms with Crippen LogP contribution in [0.25, 0.3) is 0 Å². The molecule has 0 amide bonds. The number of likely N-dealkylation sites (N-methyl/N-ethyl adjacent to an activating group) is 1. The second-order valence-electron chi connectivity index (χ2n) is 5.93. The molecule has 21 heavy (non-hydrogen) atoms. The van der Waals surface area contributed by atoms with Crippen molar-refractivity contribution < 1.29 is 19.3 Å². The van der Waals surface area contributed by atoms with E-state index in [1.54, 1.807) is 12.1 Å². The Kier molecular flexibility index (Phi) is 5.70. The molecule has 2 rings (SSSR count). The summed E-state index contributed by atoms with van der Waals surface area (Å²) in [6.07, 6.45) is 1.24. The Morgan fingerprint density at radius 3 is 2.52 bits per heavy atom. The average Bonchev–Trinajstić information content (AvgIpc) is 2.46. The number of benzene rings is 1. The van der Waals surface area contributed by atoms with Crippen molar-refractivity contribution in [1.29, 1.82) is 0 Å². The summed E-state index contributed by atoms with van der Waals surface area (Å²) in [7, 11) is 1.94. The zero-order valence-electron chi connectivity index (χ0n) is 12.5. The van der Waals surface area contributed by atoms with Crippen LogP contribution in [0, 0.1) is 5.82 Å². The molecule has 1 unspecified atom stereocenters. The number of nitrogens with zero attached hydrogens (tertiary/aromatic N) is 1. The van der Waals surface area contributed by atoms with Gasteiger partial charge in [0.2, 0.25) is 0 Å². The predicted molar refractivity (Wildman–Crippen MR) is 78.5 cm³/mol. The van der Waals surface area contributed by atoms with Gasteiger partial charge in [-0.15, -0.1) is 0 Å². The van der Waals surface area contributed by atoms with Gasteiger partial charge in [-0.05, 0) is 31.2 Å². The summed E-state index contributed by atoms with van der Waals surface area (Å²) in [5.41, 5.74) is 0.0305. The monoisotopic (exact) mass is 297 g/mol. The molecule has 1 aromatic carbocycles. The first kappa shape index (κ1) is 16.4. The van der Waals surface area contributed by atoms with Crippen molar-refractivity contribution >= 4 is 0 Å². The summed E-state index contributed by atoms with van der Waals surface area (Å²) in [6.45, 7) is 2.44. The molecule has 1 saturated heterocycles. The molecule has 118 valence electrons. The van der Waals surface area contributed by atoms with Crippen LogP contribution in [0.4, 0.5) is 4.39 Å². The van der Waals surface area contributed by atoms with E-state index in [-0.39, 0.29) is 5.82 Å². The lowest BCUT2D eigenvalue weighted by Gasteiger charge is -2.35. The van der Waals surface area contributed by atoms with Crippen LogP contribution >= 0.6 is 0 Å². The number of rotatable bonds is 6. The van der Waals surface area contributed by atoms with E-state index in [1.165, 1.54) is 12.1 Å². The van der Waals surface area contributed by atoms with Crippen LogP contribution in [0.3, 0.4) is 0 Å². The van der Waals surface area contributed by atoms with Crippen LogP contribution in [0.5, 0.6) is 0 Å². The van der Waals surface area contributed by atoms with Crippen molar-refractivity contribution in [1.82, 2.24) is 4.90 Å². The third-order valence-corrected chi connectivity index (χ3v) is 4.03. The average molecular weight is 297 g/mol. The molecular weight excluding hydrogens is 273 g/mol. The summed E-state index contributed by atoms with van der Waals surface area (Å²) in [5.74, 6) is -0.301. The van der Waals surface area contributed by atoms with Crippen molar-refractivity contribution in [3.63, 3.8) is 0 Å². The summed E-state index contributed by atoms with van der Waals surface area (Å²) in [5, 5.41) is 20.5. The lowest BCUT2D eigenvalue weighted by Crippen LogP contribution is -2.46. The third kappa shape index (κ3) is 5.04. The molecule has 0 radical (unpaired) electrons. The molecule has 4 nitrogen and oxygen atoms in total. The van der Waals surface area contributed by atoms with Crippen LogP contribution in [0.1, 0.15) is 30.9 Å². The Bertz CT molecular complexity index is 432. The molecule has 1 heterocycles. The van der Waals surface area contributed by atoms with Crippen LogP contribution < -0.4 is 0 Å². The lowest BCUT2D eigenvalue weighted by molar-refractivity contribution is -0.0776. The second kappa shape index (κ2) is 7.31. The fourth-order valence-electron chi connectivity index (χ4n) is 2.69. The smallest absolute Gasteiger partial charge is 0.123 e. The van der Waals surface area contributed by atoms with Crippen molar-refractivity contribution in [2.45, 2.75) is 31.0 Å². The maximum Gasteiger partial charge on any atom is 0.123 e. The van der Waals surface area contributed by atoms with Crippen molar-refractivity contribution in [3.8, 4) is 0 Å². The molecule has 1 fully saturated rings. The molecule has 0 aliphatic carbocycles. The van der Waals surface area contributed by atoms with Gasteiger partial charge in [-0.25, -0.2) is 4.39 Å². The molecule has 0 bridgehead atoms. The third-order valence-electron chi connectivity index (χ3n) is 4.03. The van der Waals surface area contributed by atoms with Crippen LogP contribution in [0.2, 0.25) is 0 Å². The molecule has 0 spiro atoms. The molecule has 0 saturated carbocycles. The van der Waals surface area contributed by atoms with E-state index < -0.39 is 11.7 Å². The molecule has 1 aliphatic rings. The van der Waals surface area contributed by atoms with Gasteiger partial charge in [0.1, 0.15) is 5.82 Å². The first-order valence-electron chi connectivity index (χ1n) is 7.41. The van der Waals surface area contributed by atoms with Crippen LogP contribution in [-0.2, 0) is 4.74 Å². The standard InChI is InChI=1S/C16H24FNO3/c1-18(12-16(20)7-10-21-11-8-16)9-6-15(19)13-2-4-14(17)5-3-13/h2-5,15,19-20H,6-12H2,1H3. The molecule has 1 atom stereocenters. The molecule has 2 N–H and O–H groups in total. The van der Waals surface area contributed by atoms with E-state index in [4.69, 9.17) is 4.74 Å². The fraction of sp³-hybridized carbons (Fsp3) is 0.625. The fourth-order valence-corrected chi connectivity index (χ4v) is 2.69. The number of aliphatic hydroxyl groups excluding tert-OH is 1. The van der Waals surface area contributed by atoms with Gasteiger partial charge < -0.3 is 19.8 Å². The van der Waals surface area contributed by atoms with Gasteiger partial charge in [0, 0.05) is 39.1 Å². The van der Waals surface area contributed by atoms with E-state index in [2.05, 4.69) is 0 Å². The Hall–Kier alpha value is -1.01. The lowest BCUT2D eigenvalue weighted by atomic mass is 9.94. The van der Waals surface area contributed by atoms with Crippen molar-refractivity contribution in [2.75, 3.05) is 33.4 Å². The highest BCUT2D eigenvalue weighted by Crippen LogP contribution is 2.22. The molecule has 0 aromatic heterocycles. The topological polar surface area (TPSA) is 52.9 Å². The second-order valence-corrected chi connectivity index (χ2v) is 5.93. The zero-order chi connectivity index (χ0) is 15.3. The maximum atomic E-state index is 12.8. The first-order chi connectivity index (χ1) is 9.98. The highest BCUT2D eigenvalue weighted by atomic mass is 19.1. The zero-order valence-corrected chi connectivity index (χ0v) is 12.5. The number of hydrogen-bond acceptors (Lipinski definition) is 4. The normalized spacial score (nSPS) is 19.7. The van der Waals surface area contributed by atoms with E-state index in [9.17, 15) is 14.6 Å². The highest BCUT2D eigenvalue weighted by molar-refractivity contribution is 5.18. The van der Waals surface area contributed by atoms with Gasteiger partial charge in [-0.1, -0.05) is 12.1 Å². The summed E-state index contributed by atoms with van der Waals surface area (Å²) >= 11 is 0. The number of aliphatic hydroxyl groups is 2. The van der Waals surface area contributed by atoms with Crippen molar-refractivity contribution in [3.05, 3.63) is 35.6 Å². The largest absolute Gasteiger partial charge is 0.388 e. The number of hydrogen-bond donors (Lipinski definition) is 2. The minimum absolute atomic E-state index is 0.301. The summed E-state index contributed by atoms with van der Waals surface area (Å²) in [6, 6.07) is 5.91. The minimum Gasteiger partial charge on any atom is -0.388 e. The number of halogens is 1. The SMILES string of the molecule is CN(CCC(O)c1ccc(F)cc1)CC1(O)CCOCC1. The summed E-state index contributed by atoms with van der Waals surface area (Å²) < 4.78 is 18.1. The minimum atomic E-state index is -0.687. The van der Waals surface area contributed by atoms with Crippen molar-refractivity contribution in [2.24, 2.45) is 0 Å². The van der Waals surface area contributed by atoms with Crippen LogP contribution in [0.15, 0.2) is 24.3 Å². The molecule has 1 aliphatic heterocycles. The Morgan fingerprint density at radius 1 is 1.29 bits per heavy atom. The number of ether oxygens (including phenoxy) is 1. The van der Waals surface area contributed by atoms with Gasteiger partial charge in [-0.3, -0.25) is 0 Å². The quantitative estimate of drug-likeness (QED) is 0.839. The predicted octanol–water partition coefficient (Wildman–Crippen LogP) is 1.72. The van der Waals surface area contributed by atoms with Gasteiger partial charge in [0.05, 0.1) is 11.7 Å². The van der Waals surface area contributed by atoms with Gasteiger partial charge in [0.25, 0.3) is 0 Å². The maximum absolute atomic E-state index is 12.8. The van der Waals surface area contributed by atoms with E-state index in [0.29, 0.717) is 45.6 Å². The van der Waals surface area contributed by atoms with Gasteiger partial charge in [0.15, 0.2) is 0 Å². The Morgan fingerprint density at radius 2 is 1.90 bits per heavy atom. The Labute approximate surface area is 125 Å². The first-order valence-corrected chi connectivity index (χ1v) is 7.41. The molecule has 1 aromatic rings. The van der Waals surface area contributed by atoms with Gasteiger partial charge in [-0.2, -0.15) is 0 Å². The van der Waals surface area contributed by atoms with Crippen LogP contribution in [-0.4, -0.2) is 54.1 Å². The Balaban J connectivity index is 1.77.